The molecule has 0 bridgehead atoms. The van der Waals surface area contributed by atoms with E-state index < -0.39 is 0 Å². The van der Waals surface area contributed by atoms with Crippen molar-refractivity contribution in [3.05, 3.63) is 82.2 Å². The molecule has 3 aromatic carbocycles. The van der Waals surface area contributed by atoms with Crippen LogP contribution in [0.2, 0.25) is 5.02 Å². The number of hydrogen-bond acceptors (Lipinski definition) is 4. The van der Waals surface area contributed by atoms with Gasteiger partial charge in [0.2, 0.25) is 0 Å². The van der Waals surface area contributed by atoms with E-state index >= 15 is 0 Å². The Kier molecular flexibility index (Phi) is 7.49. The van der Waals surface area contributed by atoms with E-state index in [-0.39, 0.29) is 11.9 Å². The highest BCUT2D eigenvalue weighted by molar-refractivity contribution is 7.21. The summed E-state index contributed by atoms with van der Waals surface area (Å²) in [6.07, 6.45) is 5.60. The van der Waals surface area contributed by atoms with Gasteiger partial charge in [0.15, 0.2) is 11.5 Å². The van der Waals surface area contributed by atoms with Crippen LogP contribution in [0.5, 0.6) is 11.5 Å². The number of nitrogens with zero attached hydrogens (tertiary/aromatic N) is 1. The second-order valence-corrected chi connectivity index (χ2v) is 10.7. The van der Waals surface area contributed by atoms with Gasteiger partial charge in [-0.3, -0.25) is 4.79 Å². The van der Waals surface area contributed by atoms with Crippen LogP contribution in [0.1, 0.15) is 47.3 Å². The number of amides is 1. The molecule has 1 heterocycles. The molecule has 0 radical (unpaired) electrons. The minimum atomic E-state index is 0.0321. The van der Waals surface area contributed by atoms with Crippen molar-refractivity contribution < 1.29 is 14.3 Å². The minimum absolute atomic E-state index is 0.0321. The Bertz CT molecular complexity index is 1380. The Labute approximate surface area is 221 Å². The Hall–Kier alpha value is -3.02. The second-order valence-electron chi connectivity index (χ2n) is 9.24. The summed E-state index contributed by atoms with van der Waals surface area (Å²) >= 11 is 8.23. The summed E-state index contributed by atoms with van der Waals surface area (Å²) < 4.78 is 11.9. The molecule has 0 aliphatic heterocycles. The van der Waals surface area contributed by atoms with Crippen molar-refractivity contribution >= 4 is 38.9 Å². The molecule has 1 saturated carbocycles. The Morgan fingerprint density at radius 1 is 0.917 bits per heavy atom. The molecule has 1 aliphatic rings. The zero-order valence-corrected chi connectivity index (χ0v) is 22.2. The summed E-state index contributed by atoms with van der Waals surface area (Å²) in [5.74, 6) is 1.43. The summed E-state index contributed by atoms with van der Waals surface area (Å²) in [7, 11) is 3.28. The van der Waals surface area contributed by atoms with Gasteiger partial charge >= 0.3 is 0 Å². The Morgan fingerprint density at radius 3 is 2.42 bits per heavy atom. The van der Waals surface area contributed by atoms with E-state index in [9.17, 15) is 4.79 Å². The van der Waals surface area contributed by atoms with E-state index in [0.29, 0.717) is 27.9 Å². The maximum Gasteiger partial charge on any atom is 0.266 e. The van der Waals surface area contributed by atoms with Gasteiger partial charge in [0.05, 0.1) is 19.2 Å². The number of ether oxygens (including phenoxy) is 2. The smallest absolute Gasteiger partial charge is 0.266 e. The maximum atomic E-state index is 14.0. The zero-order chi connectivity index (χ0) is 25.1. The Morgan fingerprint density at radius 2 is 1.67 bits per heavy atom. The number of methoxy groups -OCH3 is 2. The third kappa shape index (κ3) is 4.95. The van der Waals surface area contributed by atoms with Crippen molar-refractivity contribution in [1.29, 1.82) is 0 Å². The van der Waals surface area contributed by atoms with Crippen LogP contribution >= 0.6 is 22.9 Å². The van der Waals surface area contributed by atoms with E-state index in [1.54, 1.807) is 14.2 Å². The van der Waals surface area contributed by atoms with Crippen molar-refractivity contribution in [2.24, 2.45) is 0 Å². The predicted octanol–water partition coefficient (Wildman–Crippen LogP) is 8.21. The van der Waals surface area contributed by atoms with E-state index in [4.69, 9.17) is 21.1 Å². The number of halogens is 1. The molecule has 5 rings (SSSR count). The first-order valence-electron chi connectivity index (χ1n) is 12.4. The van der Waals surface area contributed by atoms with Crippen molar-refractivity contribution in [2.75, 3.05) is 14.2 Å². The summed E-state index contributed by atoms with van der Waals surface area (Å²) in [5.41, 5.74) is 3.21. The number of hydrogen-bond donors (Lipinski definition) is 0. The highest BCUT2D eigenvalue weighted by Gasteiger charge is 2.29. The predicted molar refractivity (Wildman–Crippen MR) is 149 cm³/mol. The molecule has 0 spiro atoms. The quantitative estimate of drug-likeness (QED) is 0.247. The van der Waals surface area contributed by atoms with E-state index in [1.807, 2.05) is 42.5 Å². The largest absolute Gasteiger partial charge is 0.493 e. The topological polar surface area (TPSA) is 38.8 Å². The van der Waals surface area contributed by atoms with Gasteiger partial charge in [-0.15, -0.1) is 11.3 Å². The van der Waals surface area contributed by atoms with Gasteiger partial charge in [0, 0.05) is 22.7 Å². The fourth-order valence-corrected chi connectivity index (χ4v) is 6.57. The van der Waals surface area contributed by atoms with Gasteiger partial charge in [0.1, 0.15) is 4.88 Å². The van der Waals surface area contributed by atoms with E-state index in [1.165, 1.54) is 17.8 Å². The standard InChI is InChI=1S/C30H30ClNO3S/c1-34-25-16-15-22(18-26(25)35-2)21-10-8-9-20(17-21)19-32(23-11-4-3-5-12-23)30(33)29-28(31)24-13-6-7-14-27(24)36-29/h6-10,13-18,23H,3-5,11-12,19H2,1-2H3. The Balaban J connectivity index is 1.47. The average molecular weight is 520 g/mol. The molecule has 186 valence electrons. The summed E-state index contributed by atoms with van der Waals surface area (Å²) in [6.45, 7) is 0.551. The van der Waals surface area contributed by atoms with Gasteiger partial charge in [-0.1, -0.05) is 73.3 Å². The number of carbonyl (C=O) groups excluding carboxylic acids is 1. The van der Waals surface area contributed by atoms with Crippen LogP contribution in [0.15, 0.2) is 66.7 Å². The highest BCUT2D eigenvalue weighted by atomic mass is 35.5. The van der Waals surface area contributed by atoms with Crippen molar-refractivity contribution in [3.8, 4) is 22.6 Å². The molecule has 4 nitrogen and oxygen atoms in total. The summed E-state index contributed by atoms with van der Waals surface area (Å²) in [4.78, 5) is 16.7. The minimum Gasteiger partial charge on any atom is -0.493 e. The van der Waals surface area contributed by atoms with Crippen LogP contribution < -0.4 is 9.47 Å². The van der Waals surface area contributed by atoms with Crippen molar-refractivity contribution in [1.82, 2.24) is 4.90 Å². The van der Waals surface area contributed by atoms with Gasteiger partial charge in [-0.2, -0.15) is 0 Å². The first-order chi connectivity index (χ1) is 17.6. The highest BCUT2D eigenvalue weighted by Crippen LogP contribution is 2.38. The van der Waals surface area contributed by atoms with Crippen LogP contribution in [-0.2, 0) is 6.54 Å². The molecule has 0 atom stereocenters. The number of rotatable bonds is 7. The molecule has 1 aromatic heterocycles. The molecule has 1 fully saturated rings. The molecular formula is C30H30ClNO3S. The molecule has 36 heavy (non-hydrogen) atoms. The molecule has 6 heteroatoms. The fourth-order valence-electron chi connectivity index (χ4n) is 5.10. The zero-order valence-electron chi connectivity index (χ0n) is 20.6. The lowest BCUT2D eigenvalue weighted by molar-refractivity contribution is 0.0619. The maximum absolute atomic E-state index is 14.0. The van der Waals surface area contributed by atoms with Crippen LogP contribution in [0, 0.1) is 0 Å². The van der Waals surface area contributed by atoms with Gasteiger partial charge in [-0.25, -0.2) is 0 Å². The molecule has 0 N–H and O–H groups in total. The monoisotopic (exact) mass is 519 g/mol. The number of carbonyl (C=O) groups is 1. The van der Waals surface area contributed by atoms with Gasteiger partial charge in [-0.05, 0) is 53.8 Å². The molecule has 4 aromatic rings. The van der Waals surface area contributed by atoms with Crippen LogP contribution in [0.3, 0.4) is 0 Å². The number of thiophene rings is 1. The number of fused-ring (bicyclic) bond motifs is 1. The van der Waals surface area contributed by atoms with Crippen molar-refractivity contribution in [3.63, 3.8) is 0 Å². The molecule has 0 unspecified atom stereocenters. The molecular weight excluding hydrogens is 490 g/mol. The molecule has 1 aliphatic carbocycles. The average Bonchev–Trinajstić information content (AvgIpc) is 3.28. The molecule has 1 amide bonds. The second kappa shape index (κ2) is 10.9. The summed E-state index contributed by atoms with van der Waals surface area (Å²) in [6, 6.07) is 22.5. The number of benzene rings is 3. The SMILES string of the molecule is COc1ccc(-c2cccc(CN(C(=O)c3sc4ccccc4c3Cl)C3CCCCC3)c2)cc1OC. The van der Waals surface area contributed by atoms with Gasteiger partial charge in [0.25, 0.3) is 5.91 Å². The van der Waals surface area contributed by atoms with Gasteiger partial charge < -0.3 is 14.4 Å². The summed E-state index contributed by atoms with van der Waals surface area (Å²) in [5, 5.41) is 1.52. The lowest BCUT2D eigenvalue weighted by Crippen LogP contribution is -2.40. The van der Waals surface area contributed by atoms with Crippen LogP contribution in [0.4, 0.5) is 0 Å². The third-order valence-electron chi connectivity index (χ3n) is 7.00. The van der Waals surface area contributed by atoms with Crippen LogP contribution in [-0.4, -0.2) is 31.1 Å². The third-order valence-corrected chi connectivity index (χ3v) is 8.67. The lowest BCUT2D eigenvalue weighted by atomic mass is 9.93. The normalized spacial score (nSPS) is 14.1. The first kappa shape index (κ1) is 24.7. The molecule has 0 saturated heterocycles. The first-order valence-corrected chi connectivity index (χ1v) is 13.6. The fraction of sp³-hybridized carbons (Fsp3) is 0.300. The lowest BCUT2D eigenvalue weighted by Gasteiger charge is -2.34. The van der Waals surface area contributed by atoms with Crippen LogP contribution in [0.25, 0.3) is 21.2 Å². The van der Waals surface area contributed by atoms with E-state index in [0.717, 1.165) is 52.5 Å². The van der Waals surface area contributed by atoms with E-state index in [2.05, 4.69) is 29.2 Å². The van der Waals surface area contributed by atoms with Crippen molar-refractivity contribution in [2.45, 2.75) is 44.7 Å².